The van der Waals surface area contributed by atoms with Crippen molar-refractivity contribution in [3.8, 4) is 0 Å². The van der Waals surface area contributed by atoms with Crippen LogP contribution in [0.3, 0.4) is 0 Å². The van der Waals surface area contributed by atoms with E-state index >= 15 is 0 Å². The van der Waals surface area contributed by atoms with Gasteiger partial charge in [0.15, 0.2) is 0 Å². The van der Waals surface area contributed by atoms with Crippen molar-refractivity contribution >= 4 is 11.9 Å². The van der Waals surface area contributed by atoms with Gasteiger partial charge in [-0.25, -0.2) is 0 Å². The van der Waals surface area contributed by atoms with E-state index in [1.165, 1.54) is 13.8 Å². The highest BCUT2D eigenvalue weighted by molar-refractivity contribution is 5.67. The van der Waals surface area contributed by atoms with Crippen LogP contribution in [-0.4, -0.2) is 24.6 Å². The van der Waals surface area contributed by atoms with Gasteiger partial charge >= 0.3 is 11.9 Å². The molecule has 5 atom stereocenters. The predicted molar refractivity (Wildman–Crippen MR) is 68.0 cm³/mol. The second-order valence-electron chi connectivity index (χ2n) is 5.74. The Morgan fingerprint density at radius 1 is 1.21 bits per heavy atom. The number of allylic oxidation sites excluding steroid dienone is 2. The Labute approximate surface area is 112 Å². The molecule has 3 aliphatic rings. The van der Waals surface area contributed by atoms with E-state index in [0.717, 1.165) is 6.42 Å². The van der Waals surface area contributed by atoms with Gasteiger partial charge < -0.3 is 9.47 Å². The fourth-order valence-electron chi connectivity index (χ4n) is 4.00. The van der Waals surface area contributed by atoms with Gasteiger partial charge in [-0.1, -0.05) is 18.2 Å². The van der Waals surface area contributed by atoms with Gasteiger partial charge in [-0.2, -0.15) is 0 Å². The number of ether oxygens (including phenoxy) is 2. The average molecular weight is 262 g/mol. The van der Waals surface area contributed by atoms with Crippen molar-refractivity contribution in [2.24, 2.45) is 23.2 Å². The van der Waals surface area contributed by atoms with E-state index in [0.29, 0.717) is 18.4 Å². The minimum absolute atomic E-state index is 0.175. The van der Waals surface area contributed by atoms with Crippen LogP contribution in [0.5, 0.6) is 0 Å². The Kier molecular flexibility index (Phi) is 2.77. The van der Waals surface area contributed by atoms with Crippen LogP contribution in [0.2, 0.25) is 0 Å². The van der Waals surface area contributed by atoms with Gasteiger partial charge in [0.25, 0.3) is 0 Å². The summed E-state index contributed by atoms with van der Waals surface area (Å²) in [6.07, 6.45) is 9.36. The molecule has 0 aromatic rings. The molecule has 1 saturated carbocycles. The lowest BCUT2D eigenvalue weighted by atomic mass is 9.70. The van der Waals surface area contributed by atoms with Crippen LogP contribution >= 0.6 is 0 Å². The number of hydrogen-bond donors (Lipinski definition) is 0. The molecule has 0 spiro atoms. The normalized spacial score (nSPS) is 41.4. The van der Waals surface area contributed by atoms with Crippen molar-refractivity contribution in [2.45, 2.75) is 26.4 Å². The van der Waals surface area contributed by atoms with E-state index in [-0.39, 0.29) is 29.4 Å². The lowest BCUT2D eigenvalue weighted by molar-refractivity contribution is -0.152. The summed E-state index contributed by atoms with van der Waals surface area (Å²) in [5.74, 6) is 0.498. The quantitative estimate of drug-likeness (QED) is 0.575. The molecule has 0 N–H and O–H groups in total. The van der Waals surface area contributed by atoms with Gasteiger partial charge in [0.1, 0.15) is 12.7 Å². The van der Waals surface area contributed by atoms with Crippen molar-refractivity contribution in [2.75, 3.05) is 6.61 Å². The number of carbonyl (C=O) groups is 2. The largest absolute Gasteiger partial charge is 0.465 e. The van der Waals surface area contributed by atoms with Gasteiger partial charge in [0.05, 0.1) is 0 Å². The molecule has 0 aromatic heterocycles. The Morgan fingerprint density at radius 2 is 2.00 bits per heavy atom. The molecule has 0 amide bonds. The van der Waals surface area contributed by atoms with Crippen LogP contribution in [0.1, 0.15) is 20.3 Å². The standard InChI is InChI=1S/C15H18O4/c1-9(16)18-8-15-6-5-13(19-10(2)17)14(15)11-3-4-12(15)7-11/h3-6,11-14H,7-8H2,1-2H3/t11?,12?,13-,14?,15+/m1/s1. The van der Waals surface area contributed by atoms with Crippen molar-refractivity contribution in [1.29, 1.82) is 0 Å². The molecule has 4 heteroatoms. The maximum absolute atomic E-state index is 11.2. The van der Waals surface area contributed by atoms with Crippen molar-refractivity contribution in [1.82, 2.24) is 0 Å². The molecular weight excluding hydrogens is 244 g/mol. The molecule has 102 valence electrons. The van der Waals surface area contributed by atoms with Gasteiger partial charge in [0.2, 0.25) is 0 Å². The number of fused-ring (bicyclic) bond motifs is 5. The first-order valence-corrected chi connectivity index (χ1v) is 6.71. The third-order valence-electron chi connectivity index (χ3n) is 4.67. The lowest BCUT2D eigenvalue weighted by Crippen LogP contribution is -2.40. The van der Waals surface area contributed by atoms with Gasteiger partial charge in [-0.05, 0) is 24.3 Å². The zero-order chi connectivity index (χ0) is 13.6. The second kappa shape index (κ2) is 4.22. The van der Waals surface area contributed by atoms with Crippen molar-refractivity contribution in [3.63, 3.8) is 0 Å². The van der Waals surface area contributed by atoms with E-state index in [2.05, 4.69) is 18.2 Å². The van der Waals surface area contributed by atoms with E-state index in [1.54, 1.807) is 0 Å². The summed E-state index contributed by atoms with van der Waals surface area (Å²) in [5, 5.41) is 0. The zero-order valence-corrected chi connectivity index (χ0v) is 11.2. The maximum atomic E-state index is 11.2. The Hall–Kier alpha value is -1.58. The molecule has 19 heavy (non-hydrogen) atoms. The van der Waals surface area contributed by atoms with Crippen LogP contribution in [0, 0.1) is 23.2 Å². The monoisotopic (exact) mass is 262 g/mol. The Balaban J connectivity index is 1.85. The molecule has 3 rings (SSSR count). The summed E-state index contributed by atoms with van der Waals surface area (Å²) in [5.41, 5.74) is -0.175. The fourth-order valence-corrected chi connectivity index (χ4v) is 4.00. The van der Waals surface area contributed by atoms with Crippen LogP contribution in [0.4, 0.5) is 0 Å². The molecule has 3 aliphatic carbocycles. The number of esters is 2. The van der Waals surface area contributed by atoms with E-state index in [9.17, 15) is 9.59 Å². The van der Waals surface area contributed by atoms with Crippen LogP contribution in [0.15, 0.2) is 24.3 Å². The molecule has 1 fully saturated rings. The van der Waals surface area contributed by atoms with Gasteiger partial charge in [-0.3, -0.25) is 9.59 Å². The van der Waals surface area contributed by atoms with E-state index in [4.69, 9.17) is 9.47 Å². The third-order valence-corrected chi connectivity index (χ3v) is 4.67. The predicted octanol–water partition coefficient (Wildman–Crippen LogP) is 1.86. The van der Waals surface area contributed by atoms with E-state index < -0.39 is 0 Å². The number of carbonyl (C=O) groups excluding carboxylic acids is 2. The molecule has 0 aromatic carbocycles. The first-order valence-electron chi connectivity index (χ1n) is 6.71. The molecule has 0 aliphatic heterocycles. The minimum atomic E-state index is -0.260. The summed E-state index contributed by atoms with van der Waals surface area (Å²) in [6.45, 7) is 3.24. The molecule has 2 bridgehead atoms. The average Bonchev–Trinajstić information content (AvgIpc) is 2.98. The molecule has 0 radical (unpaired) electrons. The first-order chi connectivity index (χ1) is 9.03. The molecule has 3 unspecified atom stereocenters. The second-order valence-corrected chi connectivity index (χ2v) is 5.74. The maximum Gasteiger partial charge on any atom is 0.303 e. The van der Waals surface area contributed by atoms with Crippen LogP contribution in [0.25, 0.3) is 0 Å². The van der Waals surface area contributed by atoms with Crippen molar-refractivity contribution < 1.29 is 19.1 Å². The van der Waals surface area contributed by atoms with Gasteiger partial charge in [0, 0.05) is 25.2 Å². The zero-order valence-electron chi connectivity index (χ0n) is 11.2. The topological polar surface area (TPSA) is 52.6 Å². The Bertz CT molecular complexity index is 479. The summed E-state index contributed by atoms with van der Waals surface area (Å²) in [6, 6.07) is 0. The lowest BCUT2D eigenvalue weighted by Gasteiger charge is -2.37. The van der Waals surface area contributed by atoms with Crippen LogP contribution in [-0.2, 0) is 19.1 Å². The fraction of sp³-hybridized carbons (Fsp3) is 0.600. The number of rotatable bonds is 3. The van der Waals surface area contributed by atoms with E-state index in [1.807, 2.05) is 6.08 Å². The molecule has 0 heterocycles. The highest BCUT2D eigenvalue weighted by atomic mass is 16.5. The van der Waals surface area contributed by atoms with Crippen molar-refractivity contribution in [3.05, 3.63) is 24.3 Å². The van der Waals surface area contributed by atoms with Crippen LogP contribution < -0.4 is 0 Å². The SMILES string of the molecule is CC(=O)OC[C@]12C=C[C@@H](OC(C)=O)C1C1C=CC2C1. The summed E-state index contributed by atoms with van der Waals surface area (Å²) < 4.78 is 10.7. The highest BCUT2D eigenvalue weighted by Crippen LogP contribution is 2.61. The summed E-state index contributed by atoms with van der Waals surface area (Å²) in [4.78, 5) is 22.3. The number of hydrogen-bond acceptors (Lipinski definition) is 4. The van der Waals surface area contributed by atoms with Gasteiger partial charge in [-0.15, -0.1) is 0 Å². The molecule has 0 saturated heterocycles. The smallest absolute Gasteiger partial charge is 0.303 e. The summed E-state index contributed by atoms with van der Waals surface area (Å²) >= 11 is 0. The summed E-state index contributed by atoms with van der Waals surface area (Å²) in [7, 11) is 0. The molecular formula is C15H18O4. The third kappa shape index (κ3) is 1.81. The highest BCUT2D eigenvalue weighted by Gasteiger charge is 2.60. The molecule has 4 nitrogen and oxygen atoms in total. The first kappa shape index (κ1) is 12.5. The Morgan fingerprint density at radius 3 is 2.68 bits per heavy atom. The minimum Gasteiger partial charge on any atom is -0.465 e.